The molecule has 0 aromatic heterocycles. The Hall–Kier alpha value is -1.12. The van der Waals surface area contributed by atoms with E-state index in [1.165, 1.54) is 13.4 Å². The molecule has 2 aliphatic rings. The third kappa shape index (κ3) is 6.16. The van der Waals surface area contributed by atoms with Crippen LogP contribution in [0.1, 0.15) is 18.4 Å². The zero-order chi connectivity index (χ0) is 24.9. The summed E-state index contributed by atoms with van der Waals surface area (Å²) in [5.41, 5.74) is 6.53. The fourth-order valence-corrected chi connectivity index (χ4v) is 6.33. The van der Waals surface area contributed by atoms with Crippen molar-refractivity contribution >= 4 is 75.3 Å². The smallest absolute Gasteiger partial charge is 0.311 e. The molecule has 2 heterocycles. The van der Waals surface area contributed by atoms with E-state index in [1.807, 2.05) is 12.1 Å². The van der Waals surface area contributed by atoms with E-state index in [4.69, 9.17) is 24.8 Å². The lowest BCUT2D eigenvalue weighted by Gasteiger charge is -2.27. The molecule has 4 N–H and O–H groups in total. The number of hydrogen-bond donors (Lipinski definition) is 3. The van der Waals surface area contributed by atoms with Gasteiger partial charge in [0.15, 0.2) is 11.8 Å². The van der Waals surface area contributed by atoms with Crippen LogP contribution in [0.3, 0.4) is 0 Å². The van der Waals surface area contributed by atoms with Gasteiger partial charge in [0.05, 0.1) is 33.6 Å². The Morgan fingerprint density at radius 3 is 2.68 bits per heavy atom. The highest BCUT2D eigenvalue weighted by molar-refractivity contribution is 9.12. The van der Waals surface area contributed by atoms with E-state index in [1.54, 1.807) is 0 Å². The van der Waals surface area contributed by atoms with Gasteiger partial charge >= 0.3 is 5.79 Å². The summed E-state index contributed by atoms with van der Waals surface area (Å²) < 4.78 is 19.5. The van der Waals surface area contributed by atoms with E-state index in [0.29, 0.717) is 46.6 Å². The predicted molar refractivity (Wildman–Crippen MR) is 141 cm³/mol. The summed E-state index contributed by atoms with van der Waals surface area (Å²) in [6, 6.07) is 3.94. The molecule has 0 bridgehead atoms. The van der Waals surface area contributed by atoms with Gasteiger partial charge < -0.3 is 35.2 Å². The number of aliphatic hydroxyl groups is 1. The zero-order valence-corrected chi connectivity index (χ0v) is 24.4. The van der Waals surface area contributed by atoms with Crippen molar-refractivity contribution in [3.8, 4) is 5.75 Å². The minimum Gasteiger partial charge on any atom is -0.495 e. The summed E-state index contributed by atoms with van der Waals surface area (Å²) in [6.07, 6.45) is 1.29. The third-order valence-electron chi connectivity index (χ3n) is 4.98. The number of nitrogens with two attached hydrogens (primary N) is 1. The summed E-state index contributed by atoms with van der Waals surface area (Å²) in [7, 11) is 1.50. The third-order valence-corrected chi connectivity index (χ3v) is 7.35. The second-order valence-corrected chi connectivity index (χ2v) is 10.9. The van der Waals surface area contributed by atoms with Gasteiger partial charge in [-0.3, -0.25) is 4.79 Å². The molecule has 3 rings (SSSR count). The number of amides is 1. The summed E-state index contributed by atoms with van der Waals surface area (Å²) in [6.45, 7) is 1.23. The molecule has 2 atom stereocenters. The molecule has 1 amide bonds. The lowest BCUT2D eigenvalue weighted by Crippen LogP contribution is -2.49. The molecule has 186 valence electrons. The minimum absolute atomic E-state index is 0.0743. The summed E-state index contributed by atoms with van der Waals surface area (Å²) in [4.78, 5) is 18.0. The number of methoxy groups -OCH3 is 1. The van der Waals surface area contributed by atoms with Crippen LogP contribution in [0.15, 0.2) is 47.2 Å². The molecule has 13 heteroatoms. The van der Waals surface area contributed by atoms with Crippen LogP contribution in [0.4, 0.5) is 0 Å². The Kier molecular flexibility index (Phi) is 9.87. The van der Waals surface area contributed by atoms with E-state index < -0.39 is 17.8 Å². The van der Waals surface area contributed by atoms with Crippen LogP contribution in [0.25, 0.3) is 0 Å². The molecule has 1 unspecified atom stereocenters. The van der Waals surface area contributed by atoms with E-state index in [2.05, 4.69) is 74.2 Å². The number of nitrogens with one attached hydrogen (secondary N) is 1. The van der Waals surface area contributed by atoms with Crippen molar-refractivity contribution in [2.75, 3.05) is 26.8 Å². The number of carbonyl (C=O) groups excluding carboxylic acids is 1. The van der Waals surface area contributed by atoms with E-state index in [-0.39, 0.29) is 12.1 Å². The number of allylic oxidation sites excluding steroid dienone is 1. The molecule has 0 saturated heterocycles. The molecular formula is C21H23Br4N3O6. The Balaban J connectivity index is 1.51. The molecule has 1 aromatic carbocycles. The van der Waals surface area contributed by atoms with Crippen LogP contribution >= 0.6 is 63.7 Å². The molecule has 9 nitrogen and oxygen atoms in total. The number of ether oxygens (including phenoxy) is 3. The normalized spacial score (nSPS) is 21.9. The lowest BCUT2D eigenvalue weighted by atomic mass is 10.0. The number of nitrogens with zero attached hydrogens (tertiary/aromatic N) is 1. The highest BCUT2D eigenvalue weighted by atomic mass is 79.9. The molecule has 0 fully saturated rings. The van der Waals surface area contributed by atoms with Crippen molar-refractivity contribution in [3.05, 3.63) is 47.6 Å². The zero-order valence-electron chi connectivity index (χ0n) is 18.1. The molecule has 34 heavy (non-hydrogen) atoms. The van der Waals surface area contributed by atoms with Gasteiger partial charge in [-0.15, -0.1) is 0 Å². The maximum absolute atomic E-state index is 12.6. The number of carbonyl (C=O) groups is 1. The number of benzene rings is 1. The van der Waals surface area contributed by atoms with Crippen molar-refractivity contribution in [1.29, 1.82) is 0 Å². The number of hydrogen-bond acceptors (Lipinski definition) is 8. The average molecular weight is 733 g/mol. The van der Waals surface area contributed by atoms with Crippen LogP contribution in [0.5, 0.6) is 5.75 Å². The largest absolute Gasteiger partial charge is 0.495 e. The molecule has 1 spiro atoms. The molecule has 0 saturated carbocycles. The minimum atomic E-state index is -1.58. The van der Waals surface area contributed by atoms with Gasteiger partial charge in [-0.05, 0) is 84.9 Å². The number of oxime groups is 1. The number of rotatable bonds is 9. The van der Waals surface area contributed by atoms with Crippen LogP contribution in [0, 0.1) is 0 Å². The van der Waals surface area contributed by atoms with Gasteiger partial charge in [-0.1, -0.05) is 21.1 Å². The SMILES string of the molecule is COC1=C(Br)CC2(OC=C1Br)ON=C(C(=O)NCCCOc1c(Br)cc(CCN)cc1Br)[C@@H]2O. The fraction of sp³-hybridized carbons (Fsp3) is 0.429. The fourth-order valence-electron chi connectivity index (χ4n) is 3.30. The Morgan fingerprint density at radius 2 is 2.03 bits per heavy atom. The first-order valence-electron chi connectivity index (χ1n) is 10.2. The maximum atomic E-state index is 12.6. The van der Waals surface area contributed by atoms with Gasteiger partial charge in [0.25, 0.3) is 5.91 Å². The second-order valence-electron chi connectivity index (χ2n) is 7.37. The van der Waals surface area contributed by atoms with Gasteiger partial charge in [0, 0.05) is 11.0 Å². The Labute approximate surface area is 230 Å². The van der Waals surface area contributed by atoms with Crippen molar-refractivity contribution < 1.29 is 28.9 Å². The van der Waals surface area contributed by atoms with E-state index >= 15 is 0 Å². The average Bonchev–Trinajstić information content (AvgIpc) is 3.03. The van der Waals surface area contributed by atoms with E-state index in [9.17, 15) is 9.90 Å². The van der Waals surface area contributed by atoms with Crippen molar-refractivity contribution in [2.45, 2.75) is 31.2 Å². The van der Waals surface area contributed by atoms with Gasteiger partial charge in [0.2, 0.25) is 0 Å². The molecule has 0 radical (unpaired) electrons. The first-order chi connectivity index (χ1) is 16.2. The number of aliphatic hydroxyl groups excluding tert-OH is 1. The first-order valence-corrected chi connectivity index (χ1v) is 13.4. The summed E-state index contributed by atoms with van der Waals surface area (Å²) >= 11 is 13.8. The number of halogens is 4. The standard InChI is InChI=1S/C21H23Br4N3O6/c1-31-17-14(24)9-21(33-10-15(17)25)19(29)16(28-34-21)20(30)27-5-2-6-32-18-12(22)7-11(3-4-26)8-13(18)23/h7-8,10,19,29H,2-6,9,26H2,1H3,(H,27,30)/t19-,21?/m0/s1. The molecule has 0 aliphatic carbocycles. The molecule has 2 aliphatic heterocycles. The van der Waals surface area contributed by atoms with Gasteiger partial charge in [0.1, 0.15) is 17.8 Å². The quantitative estimate of drug-likeness (QED) is 0.329. The van der Waals surface area contributed by atoms with Crippen LogP contribution < -0.4 is 15.8 Å². The Morgan fingerprint density at radius 1 is 1.32 bits per heavy atom. The second kappa shape index (κ2) is 12.2. The van der Waals surface area contributed by atoms with Gasteiger partial charge in [-0.25, -0.2) is 0 Å². The Bertz CT molecular complexity index is 1010. The highest BCUT2D eigenvalue weighted by Gasteiger charge is 2.54. The predicted octanol–water partition coefficient (Wildman–Crippen LogP) is 3.95. The maximum Gasteiger partial charge on any atom is 0.311 e. The monoisotopic (exact) mass is 729 g/mol. The summed E-state index contributed by atoms with van der Waals surface area (Å²) in [5.74, 6) is -0.974. The van der Waals surface area contributed by atoms with Crippen molar-refractivity contribution in [3.63, 3.8) is 0 Å². The lowest BCUT2D eigenvalue weighted by molar-refractivity contribution is -0.225. The summed E-state index contributed by atoms with van der Waals surface area (Å²) in [5, 5.41) is 17.3. The van der Waals surface area contributed by atoms with E-state index in [0.717, 1.165) is 20.9 Å². The van der Waals surface area contributed by atoms with Crippen LogP contribution in [-0.4, -0.2) is 55.4 Å². The molecular weight excluding hydrogens is 710 g/mol. The van der Waals surface area contributed by atoms with Crippen LogP contribution in [-0.2, 0) is 25.5 Å². The molecule has 1 aromatic rings. The van der Waals surface area contributed by atoms with Crippen molar-refractivity contribution in [2.24, 2.45) is 10.9 Å². The highest BCUT2D eigenvalue weighted by Crippen LogP contribution is 2.41. The first kappa shape index (κ1) is 27.5. The topological polar surface area (TPSA) is 125 Å². The van der Waals surface area contributed by atoms with Gasteiger partial charge in [-0.2, -0.15) is 0 Å². The van der Waals surface area contributed by atoms with Crippen molar-refractivity contribution in [1.82, 2.24) is 5.32 Å². The van der Waals surface area contributed by atoms with Crippen LogP contribution in [0.2, 0.25) is 0 Å².